The Kier molecular flexibility index (Phi) is 7.56. The lowest BCUT2D eigenvalue weighted by molar-refractivity contribution is -0.0531. The number of pyridine rings is 1. The summed E-state index contributed by atoms with van der Waals surface area (Å²) in [4.78, 5) is 47.6. The van der Waals surface area contributed by atoms with Crippen LogP contribution in [0.5, 0.6) is 0 Å². The van der Waals surface area contributed by atoms with Crippen molar-refractivity contribution in [2.24, 2.45) is 0 Å². The lowest BCUT2D eigenvalue weighted by Crippen LogP contribution is -2.43. The maximum Gasteiger partial charge on any atom is 0.333 e. The number of benzene rings is 1. The topological polar surface area (TPSA) is 156 Å². The van der Waals surface area contributed by atoms with Crippen molar-refractivity contribution in [3.8, 4) is 11.1 Å². The summed E-state index contributed by atoms with van der Waals surface area (Å²) in [6.45, 7) is -0.555. The van der Waals surface area contributed by atoms with Crippen LogP contribution in [0, 0.1) is 0 Å². The maximum absolute atomic E-state index is 13.1. The van der Waals surface area contributed by atoms with E-state index in [4.69, 9.17) is 26.1 Å². The Morgan fingerprint density at radius 3 is 2.50 bits per heavy atom. The molecule has 4 rings (SSSR count). The van der Waals surface area contributed by atoms with E-state index < -0.39 is 51.0 Å². The number of aromatic nitrogens is 3. The summed E-state index contributed by atoms with van der Waals surface area (Å²) < 4.78 is 12.1. The second kappa shape index (κ2) is 10.4. The van der Waals surface area contributed by atoms with E-state index in [1.165, 1.54) is 0 Å². The van der Waals surface area contributed by atoms with Gasteiger partial charge in [-0.3, -0.25) is 18.9 Å². The zero-order valence-electron chi connectivity index (χ0n) is 17.5. The zero-order valence-corrected chi connectivity index (χ0v) is 19.2. The molecule has 1 fully saturated rings. The summed E-state index contributed by atoms with van der Waals surface area (Å²) >= 11 is 5.94. The van der Waals surface area contributed by atoms with Crippen molar-refractivity contribution >= 4 is 20.2 Å². The van der Waals surface area contributed by atoms with Gasteiger partial charge in [0.05, 0.1) is 18.8 Å². The lowest BCUT2D eigenvalue weighted by Gasteiger charge is -2.18. The molecule has 1 aromatic carbocycles. The van der Waals surface area contributed by atoms with Gasteiger partial charge in [-0.2, -0.15) is 0 Å². The van der Waals surface area contributed by atoms with Gasteiger partial charge in [0.25, 0.3) is 5.56 Å². The highest BCUT2D eigenvalue weighted by Crippen LogP contribution is 2.32. The molecule has 1 aliphatic heterocycles. The van der Waals surface area contributed by atoms with Gasteiger partial charge in [-0.1, -0.05) is 23.7 Å². The molecule has 34 heavy (non-hydrogen) atoms. The van der Waals surface area contributed by atoms with Gasteiger partial charge in [-0.15, -0.1) is 0 Å². The van der Waals surface area contributed by atoms with E-state index in [1.807, 2.05) is 12.1 Å². The molecule has 3 heterocycles. The molecule has 3 aromatic rings. The highest BCUT2D eigenvalue weighted by molar-refractivity contribution is 7.39. The van der Waals surface area contributed by atoms with Crippen LogP contribution in [0.1, 0.15) is 11.9 Å². The molecular weight excluding hydrogens is 489 g/mol. The number of aliphatic hydroxyl groups excluding tert-OH is 2. The molecule has 0 aliphatic carbocycles. The number of rotatable bonds is 7. The third-order valence-corrected chi connectivity index (χ3v) is 6.01. The number of nitrogens with zero attached hydrogens (tertiary/aromatic N) is 3. The third kappa shape index (κ3) is 5.27. The standard InChI is InChI=1S/C21H21ClN3O8P/c22-14-3-1-12(2-4-14)13-5-7-23-15(9-13)10-25-17(26)6-8-24(21(25)29)20-19(28)18(27)16(33-20)11-32-34(30)31/h1-9,16,18-20,27-28,30-31H,10-11H2. The summed E-state index contributed by atoms with van der Waals surface area (Å²) in [6.07, 6.45) is -2.69. The predicted octanol–water partition coefficient (Wildman–Crippen LogP) is 0.621. The number of hydrogen-bond acceptors (Lipinski definition) is 9. The largest absolute Gasteiger partial charge is 0.387 e. The molecule has 11 nitrogen and oxygen atoms in total. The molecule has 0 bridgehead atoms. The molecule has 180 valence electrons. The van der Waals surface area contributed by atoms with E-state index in [1.54, 1.807) is 30.5 Å². The van der Waals surface area contributed by atoms with E-state index in [9.17, 15) is 19.8 Å². The third-order valence-electron chi connectivity index (χ3n) is 5.38. The fourth-order valence-electron chi connectivity index (χ4n) is 3.66. The number of hydrogen-bond donors (Lipinski definition) is 4. The Balaban J connectivity index is 1.61. The molecule has 0 radical (unpaired) electrons. The van der Waals surface area contributed by atoms with E-state index in [2.05, 4.69) is 9.51 Å². The van der Waals surface area contributed by atoms with Crippen LogP contribution in [-0.2, 0) is 15.8 Å². The van der Waals surface area contributed by atoms with E-state index in [0.717, 1.165) is 32.5 Å². The van der Waals surface area contributed by atoms with Crippen molar-refractivity contribution < 1.29 is 29.3 Å². The van der Waals surface area contributed by atoms with E-state index >= 15 is 0 Å². The normalized spacial score (nSPS) is 22.4. The van der Waals surface area contributed by atoms with Crippen LogP contribution in [0.15, 0.2) is 64.4 Å². The first-order chi connectivity index (χ1) is 16.2. The highest BCUT2D eigenvalue weighted by atomic mass is 35.5. The van der Waals surface area contributed by atoms with Gasteiger partial charge in [-0.05, 0) is 35.4 Å². The average molecular weight is 510 g/mol. The predicted molar refractivity (Wildman–Crippen MR) is 122 cm³/mol. The molecule has 0 spiro atoms. The molecule has 0 amide bonds. The van der Waals surface area contributed by atoms with Crippen LogP contribution >= 0.6 is 20.2 Å². The van der Waals surface area contributed by atoms with Gasteiger partial charge in [0.2, 0.25) is 0 Å². The van der Waals surface area contributed by atoms with Gasteiger partial charge in [-0.25, -0.2) is 4.79 Å². The minimum atomic E-state index is -2.68. The van der Waals surface area contributed by atoms with Crippen LogP contribution in [0.25, 0.3) is 11.1 Å². The van der Waals surface area contributed by atoms with Crippen molar-refractivity contribution in [1.82, 2.24) is 14.1 Å². The van der Waals surface area contributed by atoms with Crippen LogP contribution < -0.4 is 11.2 Å². The summed E-state index contributed by atoms with van der Waals surface area (Å²) in [6, 6.07) is 11.8. The van der Waals surface area contributed by atoms with Crippen LogP contribution in [0.2, 0.25) is 5.02 Å². The molecule has 4 atom stereocenters. The Hall–Kier alpha value is -2.47. The van der Waals surface area contributed by atoms with Crippen LogP contribution in [-0.4, -0.2) is 59.0 Å². The van der Waals surface area contributed by atoms with E-state index in [0.29, 0.717) is 10.7 Å². The van der Waals surface area contributed by atoms with E-state index in [-0.39, 0.29) is 6.54 Å². The molecule has 1 aliphatic rings. The monoisotopic (exact) mass is 509 g/mol. The molecule has 0 saturated carbocycles. The van der Waals surface area contributed by atoms with Gasteiger partial charge in [0, 0.05) is 23.5 Å². The molecule has 4 unspecified atom stereocenters. The summed E-state index contributed by atoms with van der Waals surface area (Å²) in [5.74, 6) is 0. The quantitative estimate of drug-likeness (QED) is 0.335. The molecular formula is C21H21ClN3O8P. The van der Waals surface area contributed by atoms with Crippen molar-refractivity contribution in [2.75, 3.05) is 6.61 Å². The summed E-state index contributed by atoms with van der Waals surface area (Å²) in [5, 5.41) is 21.2. The molecule has 2 aromatic heterocycles. The average Bonchev–Trinajstić information content (AvgIpc) is 3.09. The molecule has 13 heteroatoms. The van der Waals surface area contributed by atoms with Gasteiger partial charge >= 0.3 is 14.3 Å². The van der Waals surface area contributed by atoms with Gasteiger partial charge in [0.15, 0.2) is 6.23 Å². The number of aliphatic hydroxyl groups is 2. The lowest BCUT2D eigenvalue weighted by atomic mass is 10.1. The van der Waals surface area contributed by atoms with Crippen molar-refractivity contribution in [2.45, 2.75) is 31.1 Å². The Labute approximate surface area is 199 Å². The first-order valence-electron chi connectivity index (χ1n) is 10.1. The molecule has 1 saturated heterocycles. The highest BCUT2D eigenvalue weighted by Gasteiger charge is 2.44. The maximum atomic E-state index is 13.1. The summed E-state index contributed by atoms with van der Waals surface area (Å²) in [7, 11) is -2.68. The van der Waals surface area contributed by atoms with Gasteiger partial charge < -0.3 is 29.3 Å². The first-order valence-corrected chi connectivity index (χ1v) is 11.6. The van der Waals surface area contributed by atoms with Crippen molar-refractivity contribution in [1.29, 1.82) is 0 Å². The second-order valence-corrected chi connectivity index (χ2v) is 8.77. The zero-order chi connectivity index (χ0) is 24.4. The fraction of sp³-hybridized carbons (Fsp3) is 0.286. The van der Waals surface area contributed by atoms with Crippen molar-refractivity contribution in [3.63, 3.8) is 0 Å². The number of ether oxygens (including phenoxy) is 1. The van der Waals surface area contributed by atoms with Crippen LogP contribution in [0.4, 0.5) is 0 Å². The van der Waals surface area contributed by atoms with Crippen molar-refractivity contribution in [3.05, 3.63) is 86.4 Å². The summed E-state index contributed by atoms with van der Waals surface area (Å²) in [5.41, 5.74) is 0.779. The first kappa shape index (κ1) is 24.6. The smallest absolute Gasteiger partial charge is 0.333 e. The van der Waals surface area contributed by atoms with Gasteiger partial charge in [0.1, 0.15) is 18.3 Å². The van der Waals surface area contributed by atoms with Crippen LogP contribution in [0.3, 0.4) is 0 Å². The Bertz CT molecular complexity index is 1270. The fourth-order valence-corrected chi connectivity index (χ4v) is 4.06. The second-order valence-electron chi connectivity index (χ2n) is 7.57. The minimum absolute atomic E-state index is 0.142. The SMILES string of the molecule is O=c1ccn(C2OC(COP(O)O)C(O)C2O)c(=O)n1Cc1cc(-c2ccc(Cl)cc2)ccn1. The Morgan fingerprint density at radius 2 is 1.79 bits per heavy atom. The Morgan fingerprint density at radius 1 is 1.06 bits per heavy atom. The number of halogens is 1. The molecule has 4 N–H and O–H groups in total. The minimum Gasteiger partial charge on any atom is -0.387 e.